The average molecular weight is 299 g/mol. The van der Waals surface area contributed by atoms with Crippen molar-refractivity contribution in [1.82, 2.24) is 0 Å². The van der Waals surface area contributed by atoms with Crippen LogP contribution in [0.3, 0.4) is 0 Å². The lowest BCUT2D eigenvalue weighted by Crippen LogP contribution is -2.24. The summed E-state index contributed by atoms with van der Waals surface area (Å²) in [5.41, 5.74) is 0.334. The Bertz CT molecular complexity index is 550. The Morgan fingerprint density at radius 2 is 2.00 bits per heavy atom. The van der Waals surface area contributed by atoms with Crippen molar-refractivity contribution in [2.75, 3.05) is 20.8 Å². The molecule has 0 aromatic heterocycles. The second kappa shape index (κ2) is 7.76. The van der Waals surface area contributed by atoms with Gasteiger partial charge >= 0.3 is 6.16 Å². The molecule has 5 nitrogen and oxygen atoms in total. The summed E-state index contributed by atoms with van der Waals surface area (Å²) < 4.78 is 41.4. The number of benzene rings is 1. The van der Waals surface area contributed by atoms with Crippen molar-refractivity contribution < 1.29 is 27.9 Å². The summed E-state index contributed by atoms with van der Waals surface area (Å²) >= 11 is 0. The van der Waals surface area contributed by atoms with Crippen molar-refractivity contribution in [3.8, 4) is 11.5 Å². The molecule has 0 saturated heterocycles. The Labute approximate surface area is 130 Å². The molecule has 0 aliphatic rings. The molecule has 0 spiro atoms. The van der Waals surface area contributed by atoms with Gasteiger partial charge in [0.05, 0.1) is 24.9 Å². The summed E-state index contributed by atoms with van der Waals surface area (Å²) in [6, 6.07) is 5.00. The molecule has 0 heterocycles. The molecule has 0 amide bonds. The maximum Gasteiger partial charge on any atom is 0.508 e. The van der Waals surface area contributed by atoms with Gasteiger partial charge in [0, 0.05) is 0 Å². The smallest absolute Gasteiger partial charge is 0.493 e. The van der Waals surface area contributed by atoms with Gasteiger partial charge in [-0.2, -0.15) is 0 Å². The van der Waals surface area contributed by atoms with Crippen LogP contribution < -0.4 is 9.47 Å². The molecule has 0 bridgehead atoms. The van der Waals surface area contributed by atoms with Crippen molar-refractivity contribution in [3.63, 3.8) is 0 Å². The minimum atomic E-state index is -2.53. The summed E-state index contributed by atoms with van der Waals surface area (Å²) in [7, 11) is -1.09. The van der Waals surface area contributed by atoms with Crippen LogP contribution in [0.5, 0.6) is 11.5 Å². The largest absolute Gasteiger partial charge is 0.508 e. The van der Waals surface area contributed by atoms with E-state index in [1.165, 1.54) is 7.11 Å². The predicted octanol–water partition coefficient (Wildman–Crippen LogP) is 3.59. The molecule has 1 aromatic rings. The Morgan fingerprint density at radius 1 is 1.24 bits per heavy atom. The van der Waals surface area contributed by atoms with Gasteiger partial charge in [0.1, 0.15) is 5.60 Å². The lowest BCUT2D eigenvalue weighted by Gasteiger charge is -2.18. The average Bonchev–Trinajstić information content (AvgIpc) is 2.41. The molecule has 0 atom stereocenters. The van der Waals surface area contributed by atoms with Gasteiger partial charge in [0.15, 0.2) is 11.5 Å². The number of carbonyl (C=O) groups excluding carboxylic acids is 1. The Morgan fingerprint density at radius 3 is 2.62 bits per heavy atom. The lowest BCUT2D eigenvalue weighted by molar-refractivity contribution is -0.00745. The first-order valence-electron chi connectivity index (χ1n) is 8.22. The number of aryl methyl sites for hydroxylation is 1. The van der Waals surface area contributed by atoms with Crippen LogP contribution in [0, 0.1) is 0 Å². The molecule has 0 unspecified atom stereocenters. The maximum absolute atomic E-state index is 11.4. The van der Waals surface area contributed by atoms with Crippen molar-refractivity contribution in [3.05, 3.63) is 23.8 Å². The zero-order valence-electron chi connectivity index (χ0n) is 15.9. The van der Waals surface area contributed by atoms with E-state index in [0.717, 1.165) is 5.56 Å². The first-order valence-corrected chi connectivity index (χ1v) is 6.72. The second-order valence-electron chi connectivity index (χ2n) is 5.50. The second-order valence-corrected chi connectivity index (χ2v) is 5.50. The van der Waals surface area contributed by atoms with Gasteiger partial charge in [-0.25, -0.2) is 4.79 Å². The standard InChI is InChI=1S/C16H24O5/c1-16(2,3)21-15(17)20-10-6-7-12-8-9-13(18-4)14(11-12)19-5/h8-9,11H,6-7,10H2,1-5H3/i4D3. The fourth-order valence-corrected chi connectivity index (χ4v) is 1.66. The van der Waals surface area contributed by atoms with Crippen LogP contribution in [0.1, 0.15) is 36.9 Å². The number of methoxy groups -OCH3 is 2. The van der Waals surface area contributed by atoms with Crippen molar-refractivity contribution in [2.45, 2.75) is 39.2 Å². The van der Waals surface area contributed by atoms with Gasteiger partial charge in [-0.15, -0.1) is 0 Å². The summed E-state index contributed by atoms with van der Waals surface area (Å²) in [6.07, 6.45) is 0.538. The third kappa shape index (κ3) is 6.38. The summed E-state index contributed by atoms with van der Waals surface area (Å²) in [5, 5.41) is 0. The topological polar surface area (TPSA) is 54.0 Å². The van der Waals surface area contributed by atoms with Gasteiger partial charge in [0.2, 0.25) is 0 Å². The number of hydrogen-bond donors (Lipinski definition) is 0. The van der Waals surface area contributed by atoms with E-state index in [-0.39, 0.29) is 12.4 Å². The quantitative estimate of drug-likeness (QED) is 0.593. The molecule has 0 aliphatic heterocycles. The van der Waals surface area contributed by atoms with E-state index in [9.17, 15) is 4.79 Å². The highest BCUT2D eigenvalue weighted by Gasteiger charge is 2.17. The fourth-order valence-electron chi connectivity index (χ4n) is 1.66. The Balaban J connectivity index is 2.50. The van der Waals surface area contributed by atoms with Gasteiger partial charge in [0.25, 0.3) is 0 Å². The molecule has 0 fully saturated rings. The van der Waals surface area contributed by atoms with E-state index in [1.54, 1.807) is 39.0 Å². The van der Waals surface area contributed by atoms with E-state index in [0.29, 0.717) is 18.6 Å². The highest BCUT2D eigenvalue weighted by atomic mass is 16.7. The normalized spacial score (nSPS) is 13.6. The molecule has 0 radical (unpaired) electrons. The molecule has 0 aliphatic carbocycles. The fraction of sp³-hybridized carbons (Fsp3) is 0.562. The summed E-state index contributed by atoms with van der Waals surface area (Å²) in [4.78, 5) is 11.4. The zero-order valence-corrected chi connectivity index (χ0v) is 12.9. The van der Waals surface area contributed by atoms with E-state index in [1.807, 2.05) is 0 Å². The summed E-state index contributed by atoms with van der Waals surface area (Å²) in [5.74, 6) is 0.503. The van der Waals surface area contributed by atoms with E-state index >= 15 is 0 Å². The third-order valence-corrected chi connectivity index (χ3v) is 2.56. The van der Waals surface area contributed by atoms with Gasteiger partial charge < -0.3 is 18.9 Å². The molecule has 118 valence electrons. The van der Waals surface area contributed by atoms with Crippen molar-refractivity contribution in [2.24, 2.45) is 0 Å². The van der Waals surface area contributed by atoms with Crippen LogP contribution in [0.15, 0.2) is 18.2 Å². The first-order chi connectivity index (χ1) is 11.0. The lowest BCUT2D eigenvalue weighted by atomic mass is 10.1. The van der Waals surface area contributed by atoms with Gasteiger partial charge in [-0.1, -0.05) is 6.07 Å². The van der Waals surface area contributed by atoms with Crippen LogP contribution in [-0.2, 0) is 15.9 Å². The minimum absolute atomic E-state index is 0.159. The third-order valence-electron chi connectivity index (χ3n) is 2.56. The Hall–Kier alpha value is -1.91. The van der Waals surface area contributed by atoms with Crippen molar-refractivity contribution in [1.29, 1.82) is 0 Å². The number of ether oxygens (including phenoxy) is 4. The first kappa shape index (κ1) is 12.8. The van der Waals surface area contributed by atoms with Crippen molar-refractivity contribution >= 4 is 6.16 Å². The minimum Gasteiger partial charge on any atom is -0.493 e. The van der Waals surface area contributed by atoms with Crippen LogP contribution in [0.4, 0.5) is 4.79 Å². The van der Waals surface area contributed by atoms with Gasteiger partial charge in [-0.05, 0) is 51.3 Å². The maximum atomic E-state index is 11.4. The zero-order chi connectivity index (χ0) is 18.4. The highest BCUT2D eigenvalue weighted by molar-refractivity contribution is 5.60. The molecule has 0 N–H and O–H groups in total. The van der Waals surface area contributed by atoms with Crippen LogP contribution in [0.2, 0.25) is 0 Å². The molecular formula is C16H24O5. The SMILES string of the molecule is [2H]C([2H])([2H])Oc1ccc(CCCOC(=O)OC(C)(C)C)cc1OC. The number of rotatable bonds is 6. The Kier molecular flexibility index (Phi) is 4.73. The predicted molar refractivity (Wildman–Crippen MR) is 80.1 cm³/mol. The molecular weight excluding hydrogens is 272 g/mol. The molecule has 1 rings (SSSR count). The highest BCUT2D eigenvalue weighted by Crippen LogP contribution is 2.27. The monoisotopic (exact) mass is 299 g/mol. The van der Waals surface area contributed by atoms with Crippen LogP contribution >= 0.6 is 0 Å². The molecule has 21 heavy (non-hydrogen) atoms. The molecule has 0 saturated carbocycles. The van der Waals surface area contributed by atoms with E-state index in [4.69, 9.17) is 23.1 Å². The van der Waals surface area contributed by atoms with Gasteiger partial charge in [-0.3, -0.25) is 0 Å². The number of carbonyl (C=O) groups is 1. The van der Waals surface area contributed by atoms with Crippen LogP contribution in [0.25, 0.3) is 0 Å². The van der Waals surface area contributed by atoms with E-state index < -0.39 is 18.8 Å². The van der Waals surface area contributed by atoms with E-state index in [2.05, 4.69) is 0 Å². The number of hydrogen-bond acceptors (Lipinski definition) is 5. The van der Waals surface area contributed by atoms with Crippen LogP contribution in [-0.4, -0.2) is 32.5 Å². The molecule has 1 aromatic carbocycles. The summed E-state index contributed by atoms with van der Waals surface area (Å²) in [6.45, 7) is 5.53. The molecule has 5 heteroatoms.